The molecule has 70 valence electrons. The van der Waals surface area contributed by atoms with Crippen LogP contribution in [0.3, 0.4) is 0 Å². The standard InChI is InChI=1S/C8H11N3OS/c9-7(12)6-5(3-4-1-2-4)11-8(10)13-6/h4H,1-3H2,(H2,9,12)(H2,10,11). The lowest BCUT2D eigenvalue weighted by Crippen LogP contribution is -2.11. The van der Waals surface area contributed by atoms with Crippen LogP contribution in [0.15, 0.2) is 0 Å². The second kappa shape index (κ2) is 2.99. The number of hydrogen-bond acceptors (Lipinski definition) is 4. The predicted octanol–water partition coefficient (Wildman–Crippen LogP) is 0.777. The fourth-order valence-electron chi connectivity index (χ4n) is 1.30. The zero-order chi connectivity index (χ0) is 9.42. The van der Waals surface area contributed by atoms with E-state index in [2.05, 4.69) is 4.98 Å². The van der Waals surface area contributed by atoms with Crippen LogP contribution in [0.25, 0.3) is 0 Å². The molecule has 5 heteroatoms. The van der Waals surface area contributed by atoms with Crippen LogP contribution in [0.2, 0.25) is 0 Å². The van der Waals surface area contributed by atoms with Gasteiger partial charge in [0, 0.05) is 0 Å². The number of aromatic nitrogens is 1. The van der Waals surface area contributed by atoms with Crippen LogP contribution in [0.1, 0.15) is 28.2 Å². The molecule has 1 aromatic heterocycles. The smallest absolute Gasteiger partial charge is 0.260 e. The van der Waals surface area contributed by atoms with E-state index in [9.17, 15) is 4.79 Å². The van der Waals surface area contributed by atoms with Crippen molar-refractivity contribution in [2.75, 3.05) is 5.73 Å². The molecule has 1 aliphatic carbocycles. The number of rotatable bonds is 3. The Balaban J connectivity index is 2.24. The largest absolute Gasteiger partial charge is 0.375 e. The lowest BCUT2D eigenvalue weighted by molar-refractivity contribution is 0.100. The van der Waals surface area contributed by atoms with Gasteiger partial charge >= 0.3 is 0 Å². The molecule has 4 nitrogen and oxygen atoms in total. The number of carbonyl (C=O) groups is 1. The Morgan fingerprint density at radius 3 is 2.85 bits per heavy atom. The number of thiazole rings is 1. The van der Waals surface area contributed by atoms with Gasteiger partial charge in [0.2, 0.25) is 0 Å². The van der Waals surface area contributed by atoms with Gasteiger partial charge < -0.3 is 11.5 Å². The first kappa shape index (κ1) is 8.50. The number of carbonyl (C=O) groups excluding carboxylic acids is 1. The quantitative estimate of drug-likeness (QED) is 0.751. The Labute approximate surface area is 80.0 Å². The van der Waals surface area contributed by atoms with Gasteiger partial charge in [0.1, 0.15) is 4.88 Å². The van der Waals surface area contributed by atoms with Gasteiger partial charge in [-0.15, -0.1) is 0 Å². The molecule has 1 aliphatic rings. The third kappa shape index (κ3) is 1.80. The molecule has 0 spiro atoms. The summed E-state index contributed by atoms with van der Waals surface area (Å²) in [5.74, 6) is 0.282. The molecule has 1 fully saturated rings. The summed E-state index contributed by atoms with van der Waals surface area (Å²) >= 11 is 1.18. The van der Waals surface area contributed by atoms with Crippen LogP contribution >= 0.6 is 11.3 Å². The molecule has 2 rings (SSSR count). The van der Waals surface area contributed by atoms with Gasteiger partial charge in [0.05, 0.1) is 5.69 Å². The monoisotopic (exact) mass is 197 g/mol. The second-order valence-electron chi connectivity index (χ2n) is 3.34. The molecule has 0 aliphatic heterocycles. The Morgan fingerprint density at radius 1 is 1.62 bits per heavy atom. The summed E-state index contributed by atoms with van der Waals surface area (Å²) in [6.45, 7) is 0. The maximum atomic E-state index is 11.0. The Morgan fingerprint density at radius 2 is 2.31 bits per heavy atom. The van der Waals surface area contributed by atoms with Gasteiger partial charge in [-0.25, -0.2) is 4.98 Å². The van der Waals surface area contributed by atoms with Crippen LogP contribution < -0.4 is 11.5 Å². The highest BCUT2D eigenvalue weighted by molar-refractivity contribution is 7.17. The Hall–Kier alpha value is -1.10. The Bertz CT molecular complexity index is 343. The van der Waals surface area contributed by atoms with Crippen LogP contribution in [-0.4, -0.2) is 10.9 Å². The van der Waals surface area contributed by atoms with Crippen molar-refractivity contribution in [3.8, 4) is 0 Å². The first-order valence-electron chi connectivity index (χ1n) is 4.22. The molecule has 0 bridgehead atoms. The number of nitrogens with two attached hydrogens (primary N) is 2. The van der Waals surface area contributed by atoms with E-state index in [1.54, 1.807) is 0 Å². The highest BCUT2D eigenvalue weighted by Crippen LogP contribution is 2.34. The van der Waals surface area contributed by atoms with Gasteiger partial charge in [-0.1, -0.05) is 11.3 Å². The van der Waals surface area contributed by atoms with Crippen molar-refractivity contribution in [3.05, 3.63) is 10.6 Å². The molecule has 0 aromatic carbocycles. The normalized spacial score (nSPS) is 16.0. The minimum atomic E-state index is -0.412. The number of nitrogens with zero attached hydrogens (tertiary/aromatic N) is 1. The van der Waals surface area contributed by atoms with Gasteiger partial charge in [-0.05, 0) is 25.2 Å². The van der Waals surface area contributed by atoms with E-state index in [-0.39, 0.29) is 0 Å². The van der Waals surface area contributed by atoms with Gasteiger partial charge in [-0.3, -0.25) is 4.79 Å². The topological polar surface area (TPSA) is 82.0 Å². The second-order valence-corrected chi connectivity index (χ2v) is 4.37. The summed E-state index contributed by atoms with van der Waals surface area (Å²) in [5, 5.41) is 0.435. The number of anilines is 1. The van der Waals surface area contributed by atoms with Crippen LogP contribution in [0.4, 0.5) is 5.13 Å². The maximum absolute atomic E-state index is 11.0. The molecule has 0 atom stereocenters. The SMILES string of the molecule is NC(=O)c1sc(N)nc1CC1CC1. The third-order valence-corrected chi connectivity index (χ3v) is 3.06. The van der Waals surface area contributed by atoms with Gasteiger partial charge in [0.15, 0.2) is 5.13 Å². The molecule has 4 N–H and O–H groups in total. The number of primary amides is 1. The van der Waals surface area contributed by atoms with Crippen molar-refractivity contribution in [2.45, 2.75) is 19.3 Å². The lowest BCUT2D eigenvalue weighted by atomic mass is 10.2. The minimum Gasteiger partial charge on any atom is -0.375 e. The van der Waals surface area contributed by atoms with E-state index < -0.39 is 5.91 Å². The van der Waals surface area contributed by atoms with E-state index in [4.69, 9.17) is 11.5 Å². The number of hydrogen-bond donors (Lipinski definition) is 2. The third-order valence-electron chi connectivity index (χ3n) is 2.12. The van der Waals surface area contributed by atoms with E-state index >= 15 is 0 Å². The summed E-state index contributed by atoms with van der Waals surface area (Å²) in [6.07, 6.45) is 3.32. The molecule has 13 heavy (non-hydrogen) atoms. The van der Waals surface area contributed by atoms with Gasteiger partial charge in [0.25, 0.3) is 5.91 Å². The molecule has 0 unspecified atom stereocenters. The van der Waals surface area contributed by atoms with Crippen molar-refractivity contribution in [3.63, 3.8) is 0 Å². The summed E-state index contributed by atoms with van der Waals surface area (Å²) in [4.78, 5) is 15.6. The molecule has 0 radical (unpaired) electrons. The predicted molar refractivity (Wildman–Crippen MR) is 51.5 cm³/mol. The first-order chi connectivity index (χ1) is 6.16. The number of nitrogen functional groups attached to an aromatic ring is 1. The number of amides is 1. The van der Waals surface area contributed by atoms with Crippen molar-refractivity contribution >= 4 is 22.4 Å². The molecule has 1 saturated carbocycles. The average molecular weight is 197 g/mol. The molecular formula is C8H11N3OS. The molecular weight excluding hydrogens is 186 g/mol. The summed E-state index contributed by atoms with van der Waals surface area (Å²) < 4.78 is 0. The average Bonchev–Trinajstić information content (AvgIpc) is 2.75. The summed E-state index contributed by atoms with van der Waals surface area (Å²) in [7, 11) is 0. The van der Waals surface area contributed by atoms with E-state index in [0.29, 0.717) is 15.9 Å². The molecule has 1 aromatic rings. The van der Waals surface area contributed by atoms with Crippen molar-refractivity contribution in [1.29, 1.82) is 0 Å². The van der Waals surface area contributed by atoms with E-state index in [1.165, 1.54) is 24.2 Å². The zero-order valence-corrected chi connectivity index (χ0v) is 7.93. The minimum absolute atomic E-state index is 0.412. The summed E-state index contributed by atoms with van der Waals surface area (Å²) in [6, 6.07) is 0. The van der Waals surface area contributed by atoms with Crippen molar-refractivity contribution in [2.24, 2.45) is 11.7 Å². The highest BCUT2D eigenvalue weighted by atomic mass is 32.1. The highest BCUT2D eigenvalue weighted by Gasteiger charge is 2.25. The molecule has 0 saturated heterocycles. The molecule has 1 heterocycles. The first-order valence-corrected chi connectivity index (χ1v) is 5.03. The molecule has 1 amide bonds. The maximum Gasteiger partial charge on any atom is 0.260 e. The fraction of sp³-hybridized carbons (Fsp3) is 0.500. The van der Waals surface area contributed by atoms with E-state index in [1.807, 2.05) is 0 Å². The Kier molecular flexibility index (Phi) is 1.95. The van der Waals surface area contributed by atoms with Crippen LogP contribution in [0.5, 0.6) is 0 Å². The van der Waals surface area contributed by atoms with Gasteiger partial charge in [-0.2, -0.15) is 0 Å². The van der Waals surface area contributed by atoms with E-state index in [0.717, 1.165) is 12.1 Å². The van der Waals surface area contributed by atoms with Crippen molar-refractivity contribution < 1.29 is 4.79 Å². The summed E-state index contributed by atoms with van der Waals surface area (Å²) in [5.41, 5.74) is 11.5. The lowest BCUT2D eigenvalue weighted by Gasteiger charge is -1.94. The fourth-order valence-corrected chi connectivity index (χ4v) is 2.01. The zero-order valence-electron chi connectivity index (χ0n) is 7.12. The van der Waals surface area contributed by atoms with Crippen LogP contribution in [0, 0.1) is 5.92 Å². The van der Waals surface area contributed by atoms with Crippen molar-refractivity contribution in [1.82, 2.24) is 4.98 Å². The van der Waals surface area contributed by atoms with Crippen LogP contribution in [-0.2, 0) is 6.42 Å².